The maximum absolute atomic E-state index is 12.6. The summed E-state index contributed by atoms with van der Waals surface area (Å²) in [5, 5.41) is 14.8. The average molecular weight is 274 g/mol. The van der Waals surface area contributed by atoms with Gasteiger partial charge in [-0.15, -0.1) is 10.2 Å². The number of hydrogen-bond acceptors (Lipinski definition) is 5. The second-order valence-electron chi connectivity index (χ2n) is 3.46. The average Bonchev–Trinajstić information content (AvgIpc) is 2.87. The van der Waals surface area contributed by atoms with Gasteiger partial charge in [0.05, 0.1) is 5.69 Å². The first-order valence-electron chi connectivity index (χ1n) is 4.74. The summed E-state index contributed by atoms with van der Waals surface area (Å²) in [4.78, 5) is 0.0959. The van der Waals surface area contributed by atoms with E-state index in [1.54, 1.807) is 19.3 Å². The van der Waals surface area contributed by atoms with Crippen molar-refractivity contribution in [1.82, 2.24) is 29.6 Å². The molecule has 3 heterocycles. The summed E-state index contributed by atoms with van der Waals surface area (Å²) in [7, 11) is 1.68. The van der Waals surface area contributed by atoms with Gasteiger partial charge in [-0.2, -0.15) is 27.9 Å². The second-order valence-corrected chi connectivity index (χ2v) is 4.42. The maximum atomic E-state index is 12.6. The molecule has 0 radical (unpaired) electrons. The van der Waals surface area contributed by atoms with Gasteiger partial charge in [-0.05, 0) is 6.07 Å². The van der Waals surface area contributed by atoms with E-state index in [9.17, 15) is 13.2 Å². The smallest absolute Gasteiger partial charge is 0.265 e. The van der Waals surface area contributed by atoms with Gasteiger partial charge in [0.2, 0.25) is 4.96 Å². The van der Waals surface area contributed by atoms with Crippen molar-refractivity contribution in [1.29, 1.82) is 0 Å². The molecule has 0 fully saturated rings. The first kappa shape index (κ1) is 11.1. The normalized spacial score (nSPS) is 12.4. The first-order valence-corrected chi connectivity index (χ1v) is 5.56. The molecule has 0 aliphatic heterocycles. The first-order chi connectivity index (χ1) is 8.47. The summed E-state index contributed by atoms with van der Waals surface area (Å²) < 4.78 is 40.0. The molecular weight excluding hydrogens is 269 g/mol. The van der Waals surface area contributed by atoms with Crippen LogP contribution in [0.1, 0.15) is 5.82 Å². The van der Waals surface area contributed by atoms with E-state index in [1.165, 1.54) is 4.68 Å². The van der Waals surface area contributed by atoms with Crippen LogP contribution in [0, 0.1) is 0 Å². The van der Waals surface area contributed by atoms with Crippen molar-refractivity contribution >= 4 is 16.3 Å². The van der Waals surface area contributed by atoms with E-state index in [-0.39, 0.29) is 4.96 Å². The molecule has 94 valence electrons. The Morgan fingerprint density at radius 3 is 2.67 bits per heavy atom. The van der Waals surface area contributed by atoms with Crippen molar-refractivity contribution in [2.75, 3.05) is 0 Å². The molecule has 18 heavy (non-hydrogen) atoms. The number of aryl methyl sites for hydroxylation is 1. The summed E-state index contributed by atoms with van der Waals surface area (Å²) in [6, 6.07) is 1.67. The quantitative estimate of drug-likeness (QED) is 0.676. The fourth-order valence-corrected chi connectivity index (χ4v) is 2.38. The Bertz CT molecular complexity index is 708. The molecule has 0 spiro atoms. The highest BCUT2D eigenvalue weighted by Crippen LogP contribution is 2.31. The predicted molar refractivity (Wildman–Crippen MR) is 55.9 cm³/mol. The van der Waals surface area contributed by atoms with Crippen LogP contribution in [0.2, 0.25) is 0 Å². The number of fused-ring (bicyclic) bond motifs is 1. The SMILES string of the molecule is Cn1nccc1-c1nn2c(C(F)(F)F)nnc2s1. The molecule has 3 aromatic heterocycles. The van der Waals surface area contributed by atoms with Crippen LogP contribution in [-0.4, -0.2) is 29.6 Å². The number of aromatic nitrogens is 6. The zero-order chi connectivity index (χ0) is 12.9. The topological polar surface area (TPSA) is 60.9 Å². The van der Waals surface area contributed by atoms with E-state index in [0.29, 0.717) is 15.2 Å². The molecule has 3 aromatic rings. The van der Waals surface area contributed by atoms with Crippen LogP contribution in [-0.2, 0) is 13.2 Å². The van der Waals surface area contributed by atoms with Gasteiger partial charge in [0.25, 0.3) is 5.82 Å². The predicted octanol–water partition coefficient (Wildman–Crippen LogP) is 1.61. The third-order valence-electron chi connectivity index (χ3n) is 2.28. The largest absolute Gasteiger partial charge is 0.453 e. The maximum Gasteiger partial charge on any atom is 0.453 e. The lowest BCUT2D eigenvalue weighted by molar-refractivity contribution is -0.146. The monoisotopic (exact) mass is 274 g/mol. The Hall–Kier alpha value is -1.97. The van der Waals surface area contributed by atoms with Crippen molar-refractivity contribution in [2.45, 2.75) is 6.18 Å². The van der Waals surface area contributed by atoms with E-state index < -0.39 is 12.0 Å². The Morgan fingerprint density at radius 2 is 2.06 bits per heavy atom. The molecule has 0 atom stereocenters. The van der Waals surface area contributed by atoms with Gasteiger partial charge in [-0.1, -0.05) is 11.3 Å². The van der Waals surface area contributed by atoms with Gasteiger partial charge < -0.3 is 0 Å². The van der Waals surface area contributed by atoms with Crippen molar-refractivity contribution in [3.63, 3.8) is 0 Å². The number of rotatable bonds is 1. The molecule has 0 saturated carbocycles. The fourth-order valence-electron chi connectivity index (χ4n) is 1.48. The fraction of sp³-hybridized carbons (Fsp3) is 0.250. The lowest BCUT2D eigenvalue weighted by Gasteiger charge is -2.00. The second kappa shape index (κ2) is 3.51. The molecule has 0 aliphatic rings. The molecular formula is C8H5F3N6S. The van der Waals surface area contributed by atoms with E-state index in [4.69, 9.17) is 0 Å². The summed E-state index contributed by atoms with van der Waals surface area (Å²) in [6.45, 7) is 0. The number of nitrogens with zero attached hydrogens (tertiary/aromatic N) is 6. The lowest BCUT2D eigenvalue weighted by atomic mass is 10.4. The van der Waals surface area contributed by atoms with Crippen LogP contribution >= 0.6 is 11.3 Å². The van der Waals surface area contributed by atoms with Gasteiger partial charge in [-0.25, -0.2) is 0 Å². The van der Waals surface area contributed by atoms with Gasteiger partial charge in [0.15, 0.2) is 5.01 Å². The van der Waals surface area contributed by atoms with Gasteiger partial charge >= 0.3 is 6.18 Å². The number of alkyl halides is 3. The summed E-state index contributed by atoms with van der Waals surface area (Å²) >= 11 is 1.02. The third-order valence-corrected chi connectivity index (χ3v) is 3.21. The zero-order valence-electron chi connectivity index (χ0n) is 8.88. The molecule has 0 N–H and O–H groups in total. The molecule has 0 amide bonds. The lowest BCUT2D eigenvalue weighted by Crippen LogP contribution is -2.11. The van der Waals surface area contributed by atoms with Gasteiger partial charge in [0.1, 0.15) is 0 Å². The Morgan fingerprint density at radius 1 is 1.28 bits per heavy atom. The van der Waals surface area contributed by atoms with Crippen molar-refractivity contribution in [3.05, 3.63) is 18.1 Å². The summed E-state index contributed by atoms with van der Waals surface area (Å²) in [6.07, 6.45) is -3.03. The summed E-state index contributed by atoms with van der Waals surface area (Å²) in [5.41, 5.74) is 0.624. The van der Waals surface area contributed by atoms with E-state index >= 15 is 0 Å². The molecule has 0 aromatic carbocycles. The highest BCUT2D eigenvalue weighted by atomic mass is 32.1. The number of hydrogen-bond donors (Lipinski definition) is 0. The van der Waals surface area contributed by atoms with Crippen LogP contribution in [0.5, 0.6) is 0 Å². The van der Waals surface area contributed by atoms with Crippen LogP contribution in [0.15, 0.2) is 12.3 Å². The molecule has 0 bridgehead atoms. The minimum atomic E-state index is -4.57. The molecule has 0 unspecified atom stereocenters. The van der Waals surface area contributed by atoms with E-state index in [2.05, 4.69) is 20.4 Å². The van der Waals surface area contributed by atoms with Crippen molar-refractivity contribution < 1.29 is 13.2 Å². The highest BCUT2D eigenvalue weighted by Gasteiger charge is 2.38. The third kappa shape index (κ3) is 1.56. The van der Waals surface area contributed by atoms with Crippen molar-refractivity contribution in [3.8, 4) is 10.7 Å². The Balaban J connectivity index is 2.19. The van der Waals surface area contributed by atoms with E-state index in [1.807, 2.05) is 0 Å². The Kier molecular flexibility index (Phi) is 2.17. The Labute approximate surface area is 102 Å². The molecule has 0 saturated heterocycles. The van der Waals surface area contributed by atoms with E-state index in [0.717, 1.165) is 11.3 Å². The standard InChI is InChI=1S/C8H5F3N6S/c1-16-4(2-3-12-16)5-15-17-6(8(9,10)11)13-14-7(17)18-5/h2-3H,1H3. The van der Waals surface area contributed by atoms with Crippen LogP contribution in [0.25, 0.3) is 15.7 Å². The minimum absolute atomic E-state index is 0.0959. The zero-order valence-corrected chi connectivity index (χ0v) is 9.70. The van der Waals surface area contributed by atoms with Crippen LogP contribution in [0.3, 0.4) is 0 Å². The summed E-state index contributed by atoms with van der Waals surface area (Å²) in [5.74, 6) is -1.12. The van der Waals surface area contributed by atoms with Gasteiger partial charge in [0, 0.05) is 13.2 Å². The molecule has 3 rings (SSSR count). The highest BCUT2D eigenvalue weighted by molar-refractivity contribution is 7.19. The minimum Gasteiger partial charge on any atom is -0.265 e. The molecule has 10 heteroatoms. The molecule has 0 aliphatic carbocycles. The van der Waals surface area contributed by atoms with Gasteiger partial charge in [-0.3, -0.25) is 4.68 Å². The number of halogens is 3. The van der Waals surface area contributed by atoms with Crippen molar-refractivity contribution in [2.24, 2.45) is 7.05 Å². The molecule has 6 nitrogen and oxygen atoms in total. The van der Waals surface area contributed by atoms with Crippen LogP contribution in [0.4, 0.5) is 13.2 Å². The van der Waals surface area contributed by atoms with Crippen LogP contribution < -0.4 is 0 Å².